The lowest BCUT2D eigenvalue weighted by Gasteiger charge is -2.36. The van der Waals surface area contributed by atoms with E-state index in [1.165, 1.54) is 6.42 Å². The molecule has 3 rings (SSSR count). The van der Waals surface area contributed by atoms with E-state index in [0.717, 1.165) is 24.7 Å². The van der Waals surface area contributed by atoms with Crippen molar-refractivity contribution in [3.8, 4) is 0 Å². The Morgan fingerprint density at radius 3 is 2.83 bits per heavy atom. The Morgan fingerprint density at radius 2 is 2.22 bits per heavy atom. The lowest BCUT2D eigenvalue weighted by molar-refractivity contribution is -0.148. The highest BCUT2D eigenvalue weighted by atomic mass is 16.4. The van der Waals surface area contributed by atoms with Crippen LogP contribution < -0.4 is 0 Å². The van der Waals surface area contributed by atoms with E-state index >= 15 is 0 Å². The zero-order chi connectivity index (χ0) is 13.1. The van der Waals surface area contributed by atoms with Crippen LogP contribution in [0.1, 0.15) is 39.5 Å². The second-order valence-corrected chi connectivity index (χ2v) is 6.78. The molecular formula is C15H20O3. The summed E-state index contributed by atoms with van der Waals surface area (Å²) in [5, 5.41) is 9.48. The van der Waals surface area contributed by atoms with Crippen LogP contribution in [0.2, 0.25) is 0 Å². The summed E-state index contributed by atoms with van der Waals surface area (Å²) in [5.41, 5.74) is 0.282. The molecule has 0 aromatic carbocycles. The summed E-state index contributed by atoms with van der Waals surface area (Å²) in [6, 6.07) is 0. The van der Waals surface area contributed by atoms with Crippen molar-refractivity contribution >= 4 is 12.3 Å². The third-order valence-electron chi connectivity index (χ3n) is 5.97. The summed E-state index contributed by atoms with van der Waals surface area (Å²) in [5.74, 6) is 0.439. The van der Waals surface area contributed by atoms with Crippen LogP contribution in [-0.4, -0.2) is 17.4 Å². The molecule has 2 saturated carbocycles. The van der Waals surface area contributed by atoms with Crippen LogP contribution in [-0.2, 0) is 9.59 Å². The first-order valence-corrected chi connectivity index (χ1v) is 6.84. The molecule has 0 bridgehead atoms. The lowest BCUT2D eigenvalue weighted by Crippen LogP contribution is -2.32. The van der Waals surface area contributed by atoms with Crippen LogP contribution >= 0.6 is 0 Å². The quantitative estimate of drug-likeness (QED) is 0.764. The fraction of sp³-hybridized carbons (Fsp3) is 0.733. The van der Waals surface area contributed by atoms with Gasteiger partial charge in [-0.1, -0.05) is 13.0 Å². The molecule has 18 heavy (non-hydrogen) atoms. The minimum atomic E-state index is -0.700. The van der Waals surface area contributed by atoms with Crippen LogP contribution in [0.25, 0.3) is 0 Å². The molecule has 0 aliphatic heterocycles. The molecule has 3 aliphatic carbocycles. The summed E-state index contributed by atoms with van der Waals surface area (Å²) in [6.45, 7) is 4.09. The monoisotopic (exact) mass is 248 g/mol. The topological polar surface area (TPSA) is 54.4 Å². The van der Waals surface area contributed by atoms with Crippen molar-refractivity contribution in [2.45, 2.75) is 39.5 Å². The van der Waals surface area contributed by atoms with E-state index in [-0.39, 0.29) is 11.3 Å². The number of aldehydes is 1. The zero-order valence-electron chi connectivity index (χ0n) is 11.0. The fourth-order valence-electron chi connectivity index (χ4n) is 5.05. The van der Waals surface area contributed by atoms with Crippen LogP contribution in [0.3, 0.4) is 0 Å². The number of carbonyl (C=O) groups is 2. The minimum Gasteiger partial charge on any atom is -0.481 e. The standard InChI is InChI=1S/C15H20O3/c1-9-3-4-11-5-10(7-16)12-6-14(2,13(17)18)8-15(9,11)12/h5,7,9,11-12H,3-4,6,8H2,1-2H3,(H,17,18)/t9-,11-,12-,14+,15-/m1/s1. The van der Waals surface area contributed by atoms with E-state index in [4.69, 9.17) is 0 Å². The molecular weight excluding hydrogens is 228 g/mol. The predicted molar refractivity (Wildman–Crippen MR) is 66.9 cm³/mol. The smallest absolute Gasteiger partial charge is 0.309 e. The van der Waals surface area contributed by atoms with E-state index in [2.05, 4.69) is 13.0 Å². The molecule has 2 fully saturated rings. The first-order chi connectivity index (χ1) is 8.44. The molecule has 0 amide bonds. The van der Waals surface area contributed by atoms with Gasteiger partial charge in [0.2, 0.25) is 0 Å². The van der Waals surface area contributed by atoms with Gasteiger partial charge in [0.1, 0.15) is 6.29 Å². The van der Waals surface area contributed by atoms with Gasteiger partial charge in [-0.3, -0.25) is 9.59 Å². The fourth-order valence-corrected chi connectivity index (χ4v) is 5.05. The number of rotatable bonds is 2. The summed E-state index contributed by atoms with van der Waals surface area (Å²) in [6.07, 6.45) is 6.76. The molecule has 0 aromatic heterocycles. The Kier molecular flexibility index (Phi) is 2.30. The number of hydrogen-bond acceptors (Lipinski definition) is 2. The second kappa shape index (κ2) is 3.46. The molecule has 3 nitrogen and oxygen atoms in total. The van der Waals surface area contributed by atoms with Crippen LogP contribution in [0, 0.1) is 28.6 Å². The number of carbonyl (C=O) groups excluding carboxylic acids is 1. The van der Waals surface area contributed by atoms with Gasteiger partial charge in [0.15, 0.2) is 0 Å². The van der Waals surface area contributed by atoms with Crippen molar-refractivity contribution in [2.75, 3.05) is 0 Å². The number of hydrogen-bond donors (Lipinski definition) is 1. The number of carboxylic acids is 1. The van der Waals surface area contributed by atoms with Gasteiger partial charge in [-0.2, -0.15) is 0 Å². The number of allylic oxidation sites excluding steroid dienone is 2. The van der Waals surface area contributed by atoms with Crippen molar-refractivity contribution in [3.05, 3.63) is 11.6 Å². The van der Waals surface area contributed by atoms with Crippen molar-refractivity contribution < 1.29 is 14.7 Å². The van der Waals surface area contributed by atoms with Crippen LogP contribution in [0.5, 0.6) is 0 Å². The SMILES string of the molecule is C[C@@H]1CC[C@@H]2C=C(C=O)[C@H]3C[C@](C)(C(=O)O)C[C@]132. The highest BCUT2D eigenvalue weighted by Gasteiger charge is 2.65. The maximum Gasteiger partial charge on any atom is 0.309 e. The molecule has 3 aliphatic rings. The average molecular weight is 248 g/mol. The highest BCUT2D eigenvalue weighted by Crippen LogP contribution is 2.70. The number of carboxylic acid groups (broad SMARTS) is 1. The molecule has 0 unspecified atom stereocenters. The van der Waals surface area contributed by atoms with Crippen molar-refractivity contribution in [3.63, 3.8) is 0 Å². The van der Waals surface area contributed by atoms with E-state index < -0.39 is 11.4 Å². The molecule has 98 valence electrons. The first kappa shape index (κ1) is 11.9. The van der Waals surface area contributed by atoms with Crippen LogP contribution in [0.15, 0.2) is 11.6 Å². The molecule has 3 heteroatoms. The Balaban J connectivity index is 2.06. The van der Waals surface area contributed by atoms with Crippen molar-refractivity contribution in [1.82, 2.24) is 0 Å². The lowest BCUT2D eigenvalue weighted by atomic mass is 9.67. The van der Waals surface area contributed by atoms with Crippen molar-refractivity contribution in [1.29, 1.82) is 0 Å². The predicted octanol–water partition coefficient (Wildman–Crippen LogP) is 2.66. The van der Waals surface area contributed by atoms with E-state index in [1.807, 2.05) is 6.92 Å². The molecule has 1 N–H and O–H groups in total. The minimum absolute atomic E-state index is 0.0589. The third-order valence-corrected chi connectivity index (χ3v) is 5.97. The summed E-state index contributed by atoms with van der Waals surface area (Å²) >= 11 is 0. The Bertz CT molecular complexity index is 453. The summed E-state index contributed by atoms with van der Waals surface area (Å²) in [7, 11) is 0. The van der Waals surface area contributed by atoms with Crippen molar-refractivity contribution in [2.24, 2.45) is 28.6 Å². The van der Waals surface area contributed by atoms with Gasteiger partial charge < -0.3 is 5.11 Å². The molecule has 5 atom stereocenters. The second-order valence-electron chi connectivity index (χ2n) is 6.78. The van der Waals surface area contributed by atoms with Gasteiger partial charge in [0.05, 0.1) is 5.41 Å². The van der Waals surface area contributed by atoms with Gasteiger partial charge >= 0.3 is 5.97 Å². The van der Waals surface area contributed by atoms with Gasteiger partial charge in [-0.15, -0.1) is 0 Å². The molecule has 0 aromatic rings. The summed E-state index contributed by atoms with van der Waals surface area (Å²) < 4.78 is 0. The largest absolute Gasteiger partial charge is 0.481 e. The first-order valence-electron chi connectivity index (χ1n) is 6.84. The van der Waals surface area contributed by atoms with E-state index in [0.29, 0.717) is 18.3 Å². The maximum atomic E-state index is 11.5. The van der Waals surface area contributed by atoms with Gasteiger partial charge in [0.25, 0.3) is 0 Å². The van der Waals surface area contributed by atoms with E-state index in [9.17, 15) is 14.7 Å². The Labute approximate surface area is 107 Å². The third kappa shape index (κ3) is 1.20. The molecule has 0 heterocycles. The average Bonchev–Trinajstić information content (AvgIpc) is 2.87. The molecule has 1 spiro atoms. The highest BCUT2D eigenvalue weighted by molar-refractivity contribution is 5.79. The van der Waals surface area contributed by atoms with Gasteiger partial charge in [-0.25, -0.2) is 0 Å². The van der Waals surface area contributed by atoms with Gasteiger partial charge in [0, 0.05) is 0 Å². The Hall–Kier alpha value is -1.12. The Morgan fingerprint density at radius 1 is 1.50 bits per heavy atom. The van der Waals surface area contributed by atoms with E-state index in [1.54, 1.807) is 0 Å². The van der Waals surface area contributed by atoms with Gasteiger partial charge in [-0.05, 0) is 61.3 Å². The normalized spacial score (nSPS) is 49.7. The van der Waals surface area contributed by atoms with Crippen LogP contribution in [0.4, 0.5) is 0 Å². The maximum absolute atomic E-state index is 11.5. The summed E-state index contributed by atoms with van der Waals surface area (Å²) in [4.78, 5) is 22.8. The molecule has 0 radical (unpaired) electrons. The molecule has 0 saturated heterocycles. The zero-order valence-corrected chi connectivity index (χ0v) is 11.0. The number of aliphatic carboxylic acids is 1.